The van der Waals surface area contributed by atoms with Crippen molar-refractivity contribution in [3.63, 3.8) is 0 Å². The summed E-state index contributed by atoms with van der Waals surface area (Å²) in [6, 6.07) is 16.2. The monoisotopic (exact) mass is 398 g/mol. The molecule has 2 heterocycles. The fraction of sp³-hybridized carbons (Fsp3) is 0.409. The summed E-state index contributed by atoms with van der Waals surface area (Å²) >= 11 is 1.67. The molecule has 28 heavy (non-hydrogen) atoms. The minimum Gasteiger partial charge on any atom is -0.490 e. The van der Waals surface area contributed by atoms with E-state index in [0.717, 1.165) is 28.6 Å². The highest BCUT2D eigenvalue weighted by Crippen LogP contribution is 2.34. The third-order valence-corrected chi connectivity index (χ3v) is 6.24. The van der Waals surface area contributed by atoms with Crippen LogP contribution in [0.1, 0.15) is 24.3 Å². The summed E-state index contributed by atoms with van der Waals surface area (Å²) in [5.74, 6) is 2.73. The second kappa shape index (κ2) is 8.88. The Labute approximate surface area is 170 Å². The number of ether oxygens (including phenoxy) is 2. The van der Waals surface area contributed by atoms with Gasteiger partial charge in [0.15, 0.2) is 11.5 Å². The second-order valence-corrected chi connectivity index (χ2v) is 8.41. The largest absolute Gasteiger partial charge is 0.490 e. The van der Waals surface area contributed by atoms with Crippen LogP contribution in [0.4, 0.5) is 0 Å². The van der Waals surface area contributed by atoms with E-state index in [-0.39, 0.29) is 17.9 Å². The molecule has 2 atom stereocenters. The van der Waals surface area contributed by atoms with Crippen molar-refractivity contribution < 1.29 is 14.3 Å². The number of likely N-dealkylation sites (tertiary alicyclic amines) is 1. The van der Waals surface area contributed by atoms with Crippen molar-refractivity contribution in [3.05, 3.63) is 54.1 Å². The predicted molar refractivity (Wildman–Crippen MR) is 111 cm³/mol. The van der Waals surface area contributed by atoms with E-state index in [1.165, 1.54) is 5.56 Å². The second-order valence-electron chi connectivity index (χ2n) is 7.24. The molecule has 2 aromatic rings. The van der Waals surface area contributed by atoms with Crippen LogP contribution < -0.4 is 15.2 Å². The Morgan fingerprint density at radius 1 is 1.07 bits per heavy atom. The average molecular weight is 399 g/mol. The number of nitrogens with zero attached hydrogens (tertiary/aromatic N) is 1. The first-order chi connectivity index (χ1) is 13.7. The van der Waals surface area contributed by atoms with Gasteiger partial charge in [-0.25, -0.2) is 0 Å². The number of nitrogens with two attached hydrogens (primary N) is 1. The van der Waals surface area contributed by atoms with Crippen molar-refractivity contribution in [2.45, 2.75) is 29.7 Å². The van der Waals surface area contributed by atoms with Crippen LogP contribution >= 0.6 is 11.8 Å². The fourth-order valence-corrected chi connectivity index (χ4v) is 4.60. The summed E-state index contributed by atoms with van der Waals surface area (Å²) in [5.41, 5.74) is 7.53. The van der Waals surface area contributed by atoms with E-state index in [9.17, 15) is 4.79 Å². The number of thioether (sulfide) groups is 1. The summed E-state index contributed by atoms with van der Waals surface area (Å²) in [5, 5.41) is 0. The van der Waals surface area contributed by atoms with E-state index in [2.05, 4.69) is 12.1 Å². The van der Waals surface area contributed by atoms with E-state index >= 15 is 0 Å². The number of amides is 1. The zero-order chi connectivity index (χ0) is 19.3. The van der Waals surface area contributed by atoms with E-state index < -0.39 is 0 Å². The molecule has 0 unspecified atom stereocenters. The highest BCUT2D eigenvalue weighted by Gasteiger charge is 2.33. The lowest BCUT2D eigenvalue weighted by Crippen LogP contribution is -2.32. The maximum atomic E-state index is 12.6. The van der Waals surface area contributed by atoms with E-state index in [1.54, 1.807) is 11.8 Å². The van der Waals surface area contributed by atoms with Crippen LogP contribution in [-0.2, 0) is 4.79 Å². The molecule has 0 aliphatic carbocycles. The zero-order valence-electron chi connectivity index (χ0n) is 15.9. The third-order valence-electron chi connectivity index (χ3n) is 5.25. The molecule has 2 aromatic carbocycles. The Morgan fingerprint density at radius 3 is 2.68 bits per heavy atom. The lowest BCUT2D eigenvalue weighted by atomic mass is 9.95. The van der Waals surface area contributed by atoms with Gasteiger partial charge in [-0.05, 0) is 23.8 Å². The van der Waals surface area contributed by atoms with Gasteiger partial charge in [0.1, 0.15) is 0 Å². The topological polar surface area (TPSA) is 64.8 Å². The van der Waals surface area contributed by atoms with Crippen molar-refractivity contribution in [2.75, 3.05) is 32.1 Å². The normalized spacial score (nSPS) is 21.4. The van der Waals surface area contributed by atoms with Gasteiger partial charge in [-0.1, -0.05) is 30.3 Å². The lowest BCUT2D eigenvalue weighted by molar-refractivity contribution is -0.129. The van der Waals surface area contributed by atoms with Gasteiger partial charge in [-0.2, -0.15) is 0 Å². The molecule has 5 nitrogen and oxygen atoms in total. The zero-order valence-corrected chi connectivity index (χ0v) is 16.7. The first kappa shape index (κ1) is 19.2. The third kappa shape index (κ3) is 4.45. The minimum absolute atomic E-state index is 0.000678. The maximum Gasteiger partial charge on any atom is 0.223 e. The highest BCUT2D eigenvalue weighted by atomic mass is 32.2. The van der Waals surface area contributed by atoms with Gasteiger partial charge >= 0.3 is 0 Å². The smallest absolute Gasteiger partial charge is 0.223 e. The first-order valence-electron chi connectivity index (χ1n) is 9.81. The van der Waals surface area contributed by atoms with Crippen molar-refractivity contribution >= 4 is 17.7 Å². The molecule has 2 aliphatic rings. The molecule has 148 valence electrons. The van der Waals surface area contributed by atoms with Crippen LogP contribution in [0.3, 0.4) is 0 Å². The number of benzene rings is 2. The van der Waals surface area contributed by atoms with Gasteiger partial charge in [-0.15, -0.1) is 11.8 Å². The standard InChI is InChI=1S/C22H26N2O3S/c23-19-15-24(14-18(19)16-5-2-1-3-6-16)22(25)9-12-28-17-7-8-20-21(13-17)27-11-4-10-26-20/h1-3,5-8,13,18-19H,4,9-12,14-15,23H2/t18-,19+/m0/s1. The van der Waals surface area contributed by atoms with E-state index in [4.69, 9.17) is 15.2 Å². The molecule has 0 spiro atoms. The molecule has 1 fully saturated rings. The molecule has 0 bridgehead atoms. The number of hydrogen-bond acceptors (Lipinski definition) is 5. The molecule has 6 heteroatoms. The SMILES string of the molecule is N[C@@H]1CN(C(=O)CCSc2ccc3c(c2)OCCCO3)C[C@H]1c1ccccc1. The minimum atomic E-state index is 0.000678. The van der Waals surface area contributed by atoms with Gasteiger partial charge in [0.05, 0.1) is 13.2 Å². The van der Waals surface area contributed by atoms with Gasteiger partial charge in [0.25, 0.3) is 0 Å². The van der Waals surface area contributed by atoms with Crippen LogP contribution in [0.15, 0.2) is 53.4 Å². The lowest BCUT2D eigenvalue weighted by Gasteiger charge is -2.16. The van der Waals surface area contributed by atoms with E-state index in [0.29, 0.717) is 32.7 Å². The molecule has 2 aliphatic heterocycles. The molecular formula is C22H26N2O3S. The molecule has 0 saturated carbocycles. The Balaban J connectivity index is 1.29. The summed E-state index contributed by atoms with van der Waals surface area (Å²) in [6.07, 6.45) is 1.40. The Hall–Kier alpha value is -2.18. The highest BCUT2D eigenvalue weighted by molar-refractivity contribution is 7.99. The van der Waals surface area contributed by atoms with Crippen LogP contribution in [0, 0.1) is 0 Å². The molecule has 4 rings (SSSR count). The molecule has 0 radical (unpaired) electrons. The molecule has 0 aromatic heterocycles. The van der Waals surface area contributed by atoms with Crippen LogP contribution in [0.25, 0.3) is 0 Å². The summed E-state index contributed by atoms with van der Waals surface area (Å²) in [4.78, 5) is 15.7. The average Bonchev–Trinajstić information content (AvgIpc) is 2.95. The fourth-order valence-electron chi connectivity index (χ4n) is 3.73. The van der Waals surface area contributed by atoms with Gasteiger partial charge < -0.3 is 20.1 Å². The number of hydrogen-bond donors (Lipinski definition) is 1. The molecule has 1 amide bonds. The molecule has 2 N–H and O–H groups in total. The Morgan fingerprint density at radius 2 is 1.86 bits per heavy atom. The van der Waals surface area contributed by atoms with E-state index in [1.807, 2.05) is 41.3 Å². The number of carbonyl (C=O) groups is 1. The summed E-state index contributed by atoms with van der Waals surface area (Å²) < 4.78 is 11.4. The van der Waals surface area contributed by atoms with Gasteiger partial charge in [0.2, 0.25) is 5.91 Å². The number of fused-ring (bicyclic) bond motifs is 1. The maximum absolute atomic E-state index is 12.6. The molecule has 1 saturated heterocycles. The Bertz CT molecular complexity index is 815. The number of carbonyl (C=O) groups excluding carboxylic acids is 1. The van der Waals surface area contributed by atoms with Crippen LogP contribution in [-0.4, -0.2) is 48.9 Å². The van der Waals surface area contributed by atoms with Crippen molar-refractivity contribution in [3.8, 4) is 11.5 Å². The summed E-state index contributed by atoms with van der Waals surface area (Å²) in [7, 11) is 0. The van der Waals surface area contributed by atoms with Crippen molar-refractivity contribution in [1.29, 1.82) is 0 Å². The quantitative estimate of drug-likeness (QED) is 0.783. The van der Waals surface area contributed by atoms with Crippen LogP contribution in [0.2, 0.25) is 0 Å². The summed E-state index contributed by atoms with van der Waals surface area (Å²) in [6.45, 7) is 2.71. The van der Waals surface area contributed by atoms with Gasteiger partial charge in [-0.3, -0.25) is 4.79 Å². The number of rotatable bonds is 5. The van der Waals surface area contributed by atoms with Gasteiger partial charge in [0, 0.05) is 48.5 Å². The first-order valence-corrected chi connectivity index (χ1v) is 10.8. The van der Waals surface area contributed by atoms with Crippen LogP contribution in [0.5, 0.6) is 11.5 Å². The molecular weight excluding hydrogens is 372 g/mol. The van der Waals surface area contributed by atoms with Crippen molar-refractivity contribution in [2.24, 2.45) is 5.73 Å². The Kier molecular flexibility index (Phi) is 6.07. The predicted octanol–water partition coefficient (Wildman–Crippen LogP) is 3.28. The van der Waals surface area contributed by atoms with Crippen molar-refractivity contribution in [1.82, 2.24) is 4.90 Å².